The molecule has 0 aromatic heterocycles. The van der Waals surface area contributed by atoms with E-state index in [4.69, 9.17) is 5.11 Å². The van der Waals surface area contributed by atoms with Crippen LogP contribution in [-0.2, 0) is 10.0 Å². The first-order valence-electron chi connectivity index (χ1n) is 6.88. The van der Waals surface area contributed by atoms with Crippen LogP contribution in [0.2, 0.25) is 0 Å². The number of carbonyl (C=O) groups is 1. The SMILES string of the molecule is CCCC(C)(C)NS(=O)(=O)c1cc(C(=O)O)cc(C)c1C. The number of rotatable bonds is 6. The second-order valence-electron chi connectivity index (χ2n) is 5.96. The van der Waals surface area contributed by atoms with Gasteiger partial charge in [0.2, 0.25) is 10.0 Å². The van der Waals surface area contributed by atoms with Gasteiger partial charge in [-0.2, -0.15) is 0 Å². The lowest BCUT2D eigenvalue weighted by Gasteiger charge is -2.26. The Morgan fingerprint density at radius 1 is 1.29 bits per heavy atom. The van der Waals surface area contributed by atoms with Gasteiger partial charge in [0.1, 0.15) is 0 Å². The van der Waals surface area contributed by atoms with Gasteiger partial charge in [-0.05, 0) is 57.4 Å². The summed E-state index contributed by atoms with van der Waals surface area (Å²) < 4.78 is 27.8. The predicted molar refractivity (Wildman–Crippen MR) is 82.2 cm³/mol. The molecule has 118 valence electrons. The average molecular weight is 313 g/mol. The second-order valence-corrected chi connectivity index (χ2v) is 7.61. The molecule has 21 heavy (non-hydrogen) atoms. The first kappa shape index (κ1) is 17.7. The maximum Gasteiger partial charge on any atom is 0.335 e. The molecule has 1 rings (SSSR count). The molecular weight excluding hydrogens is 290 g/mol. The van der Waals surface area contributed by atoms with Gasteiger partial charge in [-0.15, -0.1) is 0 Å². The number of sulfonamides is 1. The molecule has 0 saturated carbocycles. The lowest BCUT2D eigenvalue weighted by Crippen LogP contribution is -2.43. The first-order chi connectivity index (χ1) is 9.50. The molecule has 0 fully saturated rings. The van der Waals surface area contributed by atoms with Crippen LogP contribution in [0.25, 0.3) is 0 Å². The van der Waals surface area contributed by atoms with E-state index < -0.39 is 21.5 Å². The number of aryl methyl sites for hydroxylation is 1. The Bertz CT molecular complexity index is 648. The van der Waals surface area contributed by atoms with Crippen molar-refractivity contribution in [2.24, 2.45) is 0 Å². The van der Waals surface area contributed by atoms with Crippen molar-refractivity contribution in [3.63, 3.8) is 0 Å². The molecule has 1 aromatic rings. The van der Waals surface area contributed by atoms with E-state index in [0.29, 0.717) is 17.5 Å². The second kappa shape index (κ2) is 6.15. The van der Waals surface area contributed by atoms with E-state index in [9.17, 15) is 13.2 Å². The molecule has 0 aliphatic heterocycles. The Kier molecular flexibility index (Phi) is 5.17. The fraction of sp³-hybridized carbons (Fsp3) is 0.533. The van der Waals surface area contributed by atoms with Gasteiger partial charge in [-0.3, -0.25) is 0 Å². The van der Waals surface area contributed by atoms with Gasteiger partial charge in [0.15, 0.2) is 0 Å². The number of aromatic carboxylic acids is 1. The van der Waals surface area contributed by atoms with Crippen LogP contribution in [0.5, 0.6) is 0 Å². The minimum Gasteiger partial charge on any atom is -0.478 e. The molecule has 0 spiro atoms. The fourth-order valence-corrected chi connectivity index (χ4v) is 4.11. The summed E-state index contributed by atoms with van der Waals surface area (Å²) in [6.07, 6.45) is 1.55. The number of carboxylic acid groups (broad SMARTS) is 1. The Labute approximate surface area is 126 Å². The third kappa shape index (κ3) is 4.28. The molecule has 6 heteroatoms. The number of nitrogens with one attached hydrogen (secondary N) is 1. The number of carboxylic acids is 1. The van der Waals surface area contributed by atoms with Gasteiger partial charge in [0.05, 0.1) is 10.5 Å². The van der Waals surface area contributed by atoms with Crippen molar-refractivity contribution in [2.45, 2.75) is 57.9 Å². The molecule has 5 nitrogen and oxygen atoms in total. The topological polar surface area (TPSA) is 83.5 Å². The van der Waals surface area contributed by atoms with Crippen LogP contribution in [0.4, 0.5) is 0 Å². The molecule has 0 saturated heterocycles. The molecule has 0 aliphatic rings. The summed E-state index contributed by atoms with van der Waals surface area (Å²) in [6, 6.07) is 2.70. The Hall–Kier alpha value is -1.40. The van der Waals surface area contributed by atoms with Crippen molar-refractivity contribution in [2.75, 3.05) is 0 Å². The van der Waals surface area contributed by atoms with Crippen LogP contribution >= 0.6 is 0 Å². The number of hydrogen-bond acceptors (Lipinski definition) is 3. The largest absolute Gasteiger partial charge is 0.478 e. The molecule has 1 aromatic carbocycles. The van der Waals surface area contributed by atoms with Crippen LogP contribution in [0.3, 0.4) is 0 Å². The molecular formula is C15H23NO4S. The smallest absolute Gasteiger partial charge is 0.335 e. The Balaban J connectivity index is 3.35. The van der Waals surface area contributed by atoms with Crippen LogP contribution in [-0.4, -0.2) is 25.0 Å². The normalized spacial score (nSPS) is 12.4. The summed E-state index contributed by atoms with van der Waals surface area (Å²) in [6.45, 7) is 9.01. The van der Waals surface area contributed by atoms with Gasteiger partial charge >= 0.3 is 5.97 Å². The summed E-state index contributed by atoms with van der Waals surface area (Å²) in [4.78, 5) is 11.1. The van der Waals surface area contributed by atoms with E-state index in [-0.39, 0.29) is 10.5 Å². The summed E-state index contributed by atoms with van der Waals surface area (Å²) in [5.74, 6) is -1.14. The molecule has 0 heterocycles. The zero-order valence-electron chi connectivity index (χ0n) is 13.1. The third-order valence-corrected chi connectivity index (χ3v) is 5.27. The van der Waals surface area contributed by atoms with Crippen molar-refractivity contribution in [3.8, 4) is 0 Å². The molecule has 0 unspecified atom stereocenters. The van der Waals surface area contributed by atoms with Gasteiger partial charge in [-0.1, -0.05) is 13.3 Å². The van der Waals surface area contributed by atoms with Crippen LogP contribution in [0.15, 0.2) is 17.0 Å². The standard InChI is InChI=1S/C15H23NO4S/c1-6-7-15(4,5)16-21(19,20)13-9-12(14(17)18)8-10(2)11(13)3/h8-9,16H,6-7H2,1-5H3,(H,17,18). The Morgan fingerprint density at radius 2 is 1.86 bits per heavy atom. The van der Waals surface area contributed by atoms with E-state index >= 15 is 0 Å². The monoisotopic (exact) mass is 313 g/mol. The van der Waals surface area contributed by atoms with Crippen molar-refractivity contribution in [1.82, 2.24) is 4.72 Å². The van der Waals surface area contributed by atoms with Crippen LogP contribution < -0.4 is 4.72 Å². The lowest BCUT2D eigenvalue weighted by atomic mass is 10.0. The number of hydrogen-bond donors (Lipinski definition) is 2. The minimum absolute atomic E-state index is 0.0215. The minimum atomic E-state index is -3.76. The first-order valence-corrected chi connectivity index (χ1v) is 8.37. The number of benzene rings is 1. The quantitative estimate of drug-likeness (QED) is 0.846. The fourth-order valence-electron chi connectivity index (χ4n) is 2.32. The van der Waals surface area contributed by atoms with Gasteiger partial charge in [-0.25, -0.2) is 17.9 Å². The highest BCUT2D eigenvalue weighted by atomic mass is 32.2. The molecule has 0 atom stereocenters. The van der Waals surface area contributed by atoms with Gasteiger partial charge < -0.3 is 5.11 Å². The molecule has 0 amide bonds. The maximum absolute atomic E-state index is 12.6. The van der Waals surface area contributed by atoms with Crippen molar-refractivity contribution in [1.29, 1.82) is 0 Å². The van der Waals surface area contributed by atoms with Gasteiger partial charge in [0, 0.05) is 5.54 Å². The summed E-state index contributed by atoms with van der Waals surface area (Å²) in [5, 5.41) is 9.09. The zero-order chi connectivity index (χ0) is 16.4. The molecule has 0 bridgehead atoms. The van der Waals surface area contributed by atoms with Crippen LogP contribution in [0.1, 0.15) is 55.1 Å². The Morgan fingerprint density at radius 3 is 2.33 bits per heavy atom. The lowest BCUT2D eigenvalue weighted by molar-refractivity contribution is 0.0696. The summed E-state index contributed by atoms with van der Waals surface area (Å²) >= 11 is 0. The third-order valence-electron chi connectivity index (χ3n) is 3.44. The maximum atomic E-state index is 12.6. The highest BCUT2D eigenvalue weighted by Crippen LogP contribution is 2.23. The van der Waals surface area contributed by atoms with E-state index in [1.165, 1.54) is 12.1 Å². The van der Waals surface area contributed by atoms with E-state index in [1.807, 2.05) is 20.8 Å². The van der Waals surface area contributed by atoms with Crippen LogP contribution in [0, 0.1) is 13.8 Å². The van der Waals surface area contributed by atoms with E-state index in [1.54, 1.807) is 13.8 Å². The molecule has 0 radical (unpaired) electrons. The highest BCUT2D eigenvalue weighted by Gasteiger charge is 2.27. The highest BCUT2D eigenvalue weighted by molar-refractivity contribution is 7.89. The van der Waals surface area contributed by atoms with E-state index in [2.05, 4.69) is 4.72 Å². The molecule has 0 aliphatic carbocycles. The average Bonchev–Trinajstić information content (AvgIpc) is 2.30. The van der Waals surface area contributed by atoms with Crippen molar-refractivity contribution in [3.05, 3.63) is 28.8 Å². The van der Waals surface area contributed by atoms with Crippen molar-refractivity contribution >= 4 is 16.0 Å². The summed E-state index contributed by atoms with van der Waals surface area (Å²) in [7, 11) is -3.76. The van der Waals surface area contributed by atoms with Gasteiger partial charge in [0.25, 0.3) is 0 Å². The zero-order valence-corrected chi connectivity index (χ0v) is 14.0. The predicted octanol–water partition coefficient (Wildman–Crippen LogP) is 2.86. The summed E-state index contributed by atoms with van der Waals surface area (Å²) in [5.41, 5.74) is 0.614. The van der Waals surface area contributed by atoms with Crippen molar-refractivity contribution < 1.29 is 18.3 Å². The molecule has 2 N–H and O–H groups in total. The van der Waals surface area contributed by atoms with E-state index in [0.717, 1.165) is 6.42 Å².